The molecule has 0 bridgehead atoms. The molecule has 0 aromatic heterocycles. The Kier molecular flexibility index (Phi) is 20.1. The predicted molar refractivity (Wildman–Crippen MR) is 136 cm³/mol. The molecule has 0 heterocycles. The largest absolute Gasteiger partial charge is 0.373 e. The van der Waals surface area contributed by atoms with E-state index in [2.05, 4.69) is 35.0 Å². The molecule has 5 nitrogen and oxygen atoms in total. The van der Waals surface area contributed by atoms with Crippen molar-refractivity contribution in [3.63, 3.8) is 0 Å². The third-order valence-electron chi connectivity index (χ3n) is 6.08. The van der Waals surface area contributed by atoms with Gasteiger partial charge in [0.25, 0.3) is 0 Å². The summed E-state index contributed by atoms with van der Waals surface area (Å²) in [6.45, 7) is 9.80. The van der Waals surface area contributed by atoms with Crippen molar-refractivity contribution in [2.24, 2.45) is 0 Å². The van der Waals surface area contributed by atoms with Gasteiger partial charge >= 0.3 is 0 Å². The summed E-state index contributed by atoms with van der Waals surface area (Å²) in [6, 6.07) is 0. The maximum absolute atomic E-state index is 6.31. The lowest BCUT2D eigenvalue weighted by atomic mass is 10.0. The van der Waals surface area contributed by atoms with Crippen molar-refractivity contribution >= 4 is 0 Å². The first-order chi connectivity index (χ1) is 15.3. The summed E-state index contributed by atoms with van der Waals surface area (Å²) in [7, 11) is 8.21. The highest BCUT2D eigenvalue weighted by Gasteiger charge is 2.28. The molecule has 2 atom stereocenters. The molecule has 32 heavy (non-hydrogen) atoms. The van der Waals surface area contributed by atoms with Gasteiger partial charge in [0.2, 0.25) is 0 Å². The van der Waals surface area contributed by atoms with Gasteiger partial charge in [-0.2, -0.15) is 0 Å². The van der Waals surface area contributed by atoms with E-state index in [1.165, 1.54) is 70.6 Å². The average Bonchev–Trinajstić information content (AvgIpc) is 2.75. The molecule has 0 radical (unpaired) electrons. The highest BCUT2D eigenvalue weighted by molar-refractivity contribution is 4.67. The predicted octanol–water partition coefficient (Wildman–Crippen LogP) is 6.58. The van der Waals surface area contributed by atoms with Crippen LogP contribution in [-0.2, 0) is 18.9 Å². The van der Waals surface area contributed by atoms with Gasteiger partial charge in [0.15, 0.2) is 5.79 Å². The quantitative estimate of drug-likeness (QED) is 0.0925. The summed E-state index contributed by atoms with van der Waals surface area (Å²) in [5.41, 5.74) is 0. The first-order valence-corrected chi connectivity index (χ1v) is 13.4. The summed E-state index contributed by atoms with van der Waals surface area (Å²) in [5.74, 6) is -0.694. The molecule has 0 fully saturated rings. The molecule has 0 amide bonds. The Balaban J connectivity index is 3.83. The second-order valence-electron chi connectivity index (χ2n) is 10.5. The van der Waals surface area contributed by atoms with E-state index < -0.39 is 5.79 Å². The monoisotopic (exact) mass is 460 g/mol. The molecular weight excluding hydrogens is 402 g/mol. The van der Waals surface area contributed by atoms with E-state index in [9.17, 15) is 0 Å². The van der Waals surface area contributed by atoms with E-state index >= 15 is 0 Å². The molecule has 0 aliphatic heterocycles. The number of nitrogens with zero attached hydrogens (tertiary/aromatic N) is 1. The first-order valence-electron chi connectivity index (χ1n) is 13.4. The molecule has 2 unspecified atom stereocenters. The van der Waals surface area contributed by atoms with Crippen LogP contribution >= 0.6 is 0 Å². The number of ether oxygens (including phenoxy) is 4. The van der Waals surface area contributed by atoms with Crippen LogP contribution in [0.4, 0.5) is 0 Å². The minimum atomic E-state index is -0.694. The molecule has 0 spiro atoms. The smallest absolute Gasteiger partial charge is 0.188 e. The van der Waals surface area contributed by atoms with Crippen LogP contribution in [0.1, 0.15) is 104 Å². The standard InChI is InChI=1S/C27H58NO4/c1-8-10-11-12-13-14-15-16-17-18-19-20-26(9-2)32-27(3,29-7)25-31-24-23-30-22-21-28(4,5)6/h26H,8-25H2,1-7H3/q+1. The Hall–Kier alpha value is -0.200. The Morgan fingerprint density at radius 3 is 1.75 bits per heavy atom. The van der Waals surface area contributed by atoms with E-state index in [4.69, 9.17) is 18.9 Å². The Labute approximate surface area is 201 Å². The molecule has 0 aromatic carbocycles. The van der Waals surface area contributed by atoms with Crippen LogP contribution in [0.15, 0.2) is 0 Å². The van der Waals surface area contributed by atoms with Crippen LogP contribution in [0.25, 0.3) is 0 Å². The number of unbranched alkanes of at least 4 members (excludes halogenated alkanes) is 10. The van der Waals surface area contributed by atoms with Crippen molar-refractivity contribution in [3.8, 4) is 0 Å². The van der Waals surface area contributed by atoms with Gasteiger partial charge < -0.3 is 23.4 Å². The van der Waals surface area contributed by atoms with Gasteiger partial charge in [-0.05, 0) is 19.8 Å². The molecule has 0 aliphatic rings. The minimum absolute atomic E-state index is 0.225. The lowest BCUT2D eigenvalue weighted by Crippen LogP contribution is -2.40. The van der Waals surface area contributed by atoms with Crippen molar-refractivity contribution in [1.82, 2.24) is 0 Å². The zero-order chi connectivity index (χ0) is 24.1. The molecule has 0 rings (SSSR count). The van der Waals surface area contributed by atoms with Gasteiger partial charge in [-0.15, -0.1) is 0 Å². The van der Waals surface area contributed by atoms with Crippen molar-refractivity contribution < 1.29 is 23.4 Å². The second kappa shape index (κ2) is 20.2. The minimum Gasteiger partial charge on any atom is -0.373 e. The van der Waals surface area contributed by atoms with Crippen LogP contribution < -0.4 is 0 Å². The molecule has 0 saturated carbocycles. The van der Waals surface area contributed by atoms with Crippen molar-refractivity contribution in [3.05, 3.63) is 0 Å². The molecular formula is C27H58NO4+. The second-order valence-corrected chi connectivity index (χ2v) is 10.5. The Morgan fingerprint density at radius 1 is 0.719 bits per heavy atom. The molecule has 194 valence electrons. The Bertz CT molecular complexity index is 400. The molecule has 5 heteroatoms. The zero-order valence-corrected chi connectivity index (χ0v) is 22.9. The van der Waals surface area contributed by atoms with Crippen molar-refractivity contribution in [1.29, 1.82) is 0 Å². The summed E-state index contributed by atoms with van der Waals surface area (Å²) in [5, 5.41) is 0. The van der Waals surface area contributed by atoms with Crippen LogP contribution in [0.2, 0.25) is 0 Å². The lowest BCUT2D eigenvalue weighted by Gasteiger charge is -2.32. The maximum Gasteiger partial charge on any atom is 0.188 e. The summed E-state index contributed by atoms with van der Waals surface area (Å²) in [6.07, 6.45) is 17.4. The fourth-order valence-corrected chi connectivity index (χ4v) is 3.69. The van der Waals surface area contributed by atoms with Crippen LogP contribution in [0.3, 0.4) is 0 Å². The van der Waals surface area contributed by atoms with E-state index in [0.29, 0.717) is 19.8 Å². The third kappa shape index (κ3) is 20.4. The van der Waals surface area contributed by atoms with E-state index in [0.717, 1.165) is 30.5 Å². The first kappa shape index (κ1) is 31.8. The van der Waals surface area contributed by atoms with Crippen LogP contribution in [-0.4, -0.2) is 77.6 Å². The van der Waals surface area contributed by atoms with Gasteiger partial charge in [0.1, 0.15) is 13.2 Å². The van der Waals surface area contributed by atoms with Gasteiger partial charge in [-0.3, -0.25) is 0 Å². The highest BCUT2D eigenvalue weighted by Crippen LogP contribution is 2.21. The normalized spacial score (nSPS) is 15.1. The molecule has 0 saturated heterocycles. The van der Waals surface area contributed by atoms with Gasteiger partial charge in [-0.1, -0.05) is 84.5 Å². The summed E-state index contributed by atoms with van der Waals surface area (Å²) in [4.78, 5) is 0. The number of rotatable bonds is 24. The molecule has 0 aromatic rings. The number of hydrogen-bond donors (Lipinski definition) is 0. The average molecular weight is 461 g/mol. The lowest BCUT2D eigenvalue weighted by molar-refractivity contribution is -0.870. The highest BCUT2D eigenvalue weighted by atomic mass is 16.7. The molecule has 0 aliphatic carbocycles. The van der Waals surface area contributed by atoms with Gasteiger partial charge in [0.05, 0.1) is 47.1 Å². The Morgan fingerprint density at radius 2 is 1.25 bits per heavy atom. The molecule has 0 N–H and O–H groups in total. The van der Waals surface area contributed by atoms with Crippen LogP contribution in [0.5, 0.6) is 0 Å². The van der Waals surface area contributed by atoms with E-state index in [1.54, 1.807) is 7.11 Å². The third-order valence-corrected chi connectivity index (χ3v) is 6.08. The van der Waals surface area contributed by atoms with Gasteiger partial charge in [-0.25, -0.2) is 0 Å². The number of methoxy groups -OCH3 is 1. The SMILES string of the molecule is CCCCCCCCCCCCCC(CC)OC(C)(COCCOCC[N+](C)(C)C)OC. The fraction of sp³-hybridized carbons (Fsp3) is 1.00. The number of hydrogen-bond acceptors (Lipinski definition) is 4. The number of quaternary nitrogens is 1. The van der Waals surface area contributed by atoms with Crippen molar-refractivity contribution in [2.45, 2.75) is 116 Å². The summed E-state index contributed by atoms with van der Waals surface area (Å²) >= 11 is 0. The van der Waals surface area contributed by atoms with E-state index in [1.807, 2.05) is 6.92 Å². The van der Waals surface area contributed by atoms with E-state index in [-0.39, 0.29) is 6.10 Å². The van der Waals surface area contributed by atoms with Crippen LogP contribution in [0, 0.1) is 0 Å². The zero-order valence-electron chi connectivity index (χ0n) is 22.9. The summed E-state index contributed by atoms with van der Waals surface area (Å²) < 4.78 is 24.3. The topological polar surface area (TPSA) is 36.9 Å². The fourth-order valence-electron chi connectivity index (χ4n) is 3.69. The maximum atomic E-state index is 6.31. The van der Waals surface area contributed by atoms with Crippen molar-refractivity contribution in [2.75, 3.05) is 61.2 Å². The number of likely N-dealkylation sites (N-methyl/N-ethyl adjacent to an activating group) is 1. The van der Waals surface area contributed by atoms with Gasteiger partial charge in [0, 0.05) is 7.11 Å².